The molecule has 0 aromatic carbocycles. The number of furan rings is 1. The molecule has 0 aliphatic carbocycles. The molecule has 1 aromatic rings. The zero-order chi connectivity index (χ0) is 12.1. The molecule has 3 nitrogen and oxygen atoms in total. The summed E-state index contributed by atoms with van der Waals surface area (Å²) in [5.74, 6) is 1.90. The molecule has 1 aliphatic heterocycles. The molecule has 2 heterocycles. The van der Waals surface area contributed by atoms with Crippen LogP contribution >= 0.6 is 0 Å². The summed E-state index contributed by atoms with van der Waals surface area (Å²) in [5, 5.41) is 3.64. The van der Waals surface area contributed by atoms with Gasteiger partial charge < -0.3 is 14.6 Å². The van der Waals surface area contributed by atoms with Crippen LogP contribution in [0.4, 0.5) is 0 Å². The molecule has 1 unspecified atom stereocenters. The van der Waals surface area contributed by atoms with Gasteiger partial charge in [0.25, 0.3) is 0 Å². The monoisotopic (exact) mass is 236 g/mol. The van der Waals surface area contributed by atoms with Gasteiger partial charge in [0.2, 0.25) is 0 Å². The Hall–Kier alpha value is -0.800. The molecule has 0 saturated carbocycles. The SMILES string of the molecule is CCC(NCC1CCN(C)CC1)c1ccco1. The number of hydrogen-bond donors (Lipinski definition) is 1. The van der Waals surface area contributed by atoms with Crippen molar-refractivity contribution in [2.45, 2.75) is 32.2 Å². The molecular weight excluding hydrogens is 212 g/mol. The number of nitrogens with one attached hydrogen (secondary N) is 1. The first-order chi connectivity index (χ1) is 8.29. The maximum absolute atomic E-state index is 5.47. The van der Waals surface area contributed by atoms with E-state index in [1.807, 2.05) is 6.07 Å². The van der Waals surface area contributed by atoms with Gasteiger partial charge in [0.1, 0.15) is 5.76 Å². The Kier molecular flexibility index (Phi) is 4.63. The summed E-state index contributed by atoms with van der Waals surface area (Å²) in [6.45, 7) is 5.80. The van der Waals surface area contributed by atoms with Gasteiger partial charge in [-0.3, -0.25) is 0 Å². The first-order valence-electron chi connectivity index (χ1n) is 6.75. The average Bonchev–Trinajstić information content (AvgIpc) is 2.86. The van der Waals surface area contributed by atoms with E-state index in [2.05, 4.69) is 30.3 Å². The van der Waals surface area contributed by atoms with Crippen LogP contribution in [0, 0.1) is 5.92 Å². The molecule has 1 saturated heterocycles. The van der Waals surface area contributed by atoms with Gasteiger partial charge in [0.05, 0.1) is 12.3 Å². The highest BCUT2D eigenvalue weighted by Crippen LogP contribution is 2.20. The van der Waals surface area contributed by atoms with Gasteiger partial charge in [-0.25, -0.2) is 0 Å². The third kappa shape index (κ3) is 3.58. The van der Waals surface area contributed by atoms with Crippen LogP contribution < -0.4 is 5.32 Å². The van der Waals surface area contributed by atoms with Crippen LogP contribution in [0.5, 0.6) is 0 Å². The maximum atomic E-state index is 5.47. The summed E-state index contributed by atoms with van der Waals surface area (Å²) in [5.41, 5.74) is 0. The molecule has 0 amide bonds. The molecule has 0 spiro atoms. The third-order valence-electron chi connectivity index (χ3n) is 3.79. The van der Waals surface area contributed by atoms with Crippen LogP contribution in [0.25, 0.3) is 0 Å². The lowest BCUT2D eigenvalue weighted by molar-refractivity contribution is 0.210. The van der Waals surface area contributed by atoms with Crippen molar-refractivity contribution in [3.8, 4) is 0 Å². The van der Waals surface area contributed by atoms with Gasteiger partial charge in [0.15, 0.2) is 0 Å². The minimum atomic E-state index is 0.379. The largest absolute Gasteiger partial charge is 0.468 e. The summed E-state index contributed by atoms with van der Waals surface area (Å²) in [6, 6.07) is 4.41. The van der Waals surface area contributed by atoms with Gasteiger partial charge in [-0.2, -0.15) is 0 Å². The fourth-order valence-corrected chi connectivity index (χ4v) is 2.51. The van der Waals surface area contributed by atoms with Crippen molar-refractivity contribution in [2.75, 3.05) is 26.7 Å². The summed E-state index contributed by atoms with van der Waals surface area (Å²) in [6.07, 6.45) is 5.48. The molecule has 2 rings (SSSR count). The van der Waals surface area contributed by atoms with Gasteiger partial charge in [-0.15, -0.1) is 0 Å². The van der Waals surface area contributed by atoms with E-state index in [4.69, 9.17) is 4.42 Å². The Morgan fingerprint density at radius 2 is 2.24 bits per heavy atom. The number of nitrogens with zero attached hydrogens (tertiary/aromatic N) is 1. The highest BCUT2D eigenvalue weighted by molar-refractivity contribution is 5.04. The molecule has 1 aliphatic rings. The van der Waals surface area contributed by atoms with Crippen LogP contribution in [0.3, 0.4) is 0 Å². The molecule has 1 atom stereocenters. The second kappa shape index (κ2) is 6.22. The first-order valence-corrected chi connectivity index (χ1v) is 6.75. The summed E-state index contributed by atoms with van der Waals surface area (Å²) >= 11 is 0. The molecule has 0 bridgehead atoms. The quantitative estimate of drug-likeness (QED) is 0.852. The van der Waals surface area contributed by atoms with E-state index in [1.165, 1.54) is 25.9 Å². The van der Waals surface area contributed by atoms with Crippen LogP contribution in [-0.2, 0) is 0 Å². The maximum Gasteiger partial charge on any atom is 0.120 e. The standard InChI is InChI=1S/C14H24N2O/c1-3-13(14-5-4-10-17-14)15-11-12-6-8-16(2)9-7-12/h4-5,10,12-13,15H,3,6-9,11H2,1-2H3. The minimum Gasteiger partial charge on any atom is -0.468 e. The van der Waals surface area contributed by atoms with Gasteiger partial charge in [-0.05, 0) is 64.0 Å². The van der Waals surface area contributed by atoms with E-state index < -0.39 is 0 Å². The Morgan fingerprint density at radius 1 is 1.47 bits per heavy atom. The van der Waals surface area contributed by atoms with Crippen molar-refractivity contribution in [2.24, 2.45) is 5.92 Å². The molecule has 1 aromatic heterocycles. The van der Waals surface area contributed by atoms with Crippen molar-refractivity contribution in [1.82, 2.24) is 10.2 Å². The molecule has 1 fully saturated rings. The van der Waals surface area contributed by atoms with Gasteiger partial charge >= 0.3 is 0 Å². The van der Waals surface area contributed by atoms with Crippen molar-refractivity contribution < 1.29 is 4.42 Å². The van der Waals surface area contributed by atoms with E-state index in [9.17, 15) is 0 Å². The topological polar surface area (TPSA) is 28.4 Å². The van der Waals surface area contributed by atoms with Crippen LogP contribution in [-0.4, -0.2) is 31.6 Å². The number of likely N-dealkylation sites (tertiary alicyclic amines) is 1. The van der Waals surface area contributed by atoms with Crippen molar-refractivity contribution in [1.29, 1.82) is 0 Å². The second-order valence-corrected chi connectivity index (χ2v) is 5.13. The predicted molar refractivity (Wildman–Crippen MR) is 70.0 cm³/mol. The minimum absolute atomic E-state index is 0.379. The number of hydrogen-bond acceptors (Lipinski definition) is 3. The molecule has 1 N–H and O–H groups in total. The normalized spacial score (nSPS) is 20.6. The molecule has 0 radical (unpaired) electrons. The number of piperidine rings is 1. The van der Waals surface area contributed by atoms with Crippen LogP contribution in [0.15, 0.2) is 22.8 Å². The number of rotatable bonds is 5. The van der Waals surface area contributed by atoms with Crippen molar-refractivity contribution in [3.63, 3.8) is 0 Å². The van der Waals surface area contributed by atoms with Crippen molar-refractivity contribution >= 4 is 0 Å². The van der Waals surface area contributed by atoms with Crippen LogP contribution in [0.2, 0.25) is 0 Å². The van der Waals surface area contributed by atoms with Gasteiger partial charge in [0, 0.05) is 0 Å². The summed E-state index contributed by atoms with van der Waals surface area (Å²) in [4.78, 5) is 2.42. The molecule has 17 heavy (non-hydrogen) atoms. The second-order valence-electron chi connectivity index (χ2n) is 5.13. The highest BCUT2D eigenvalue weighted by Gasteiger charge is 2.18. The molecule has 96 valence electrons. The van der Waals surface area contributed by atoms with E-state index in [0.717, 1.165) is 24.6 Å². The predicted octanol–water partition coefficient (Wildman–Crippen LogP) is 2.66. The molecule has 3 heteroatoms. The summed E-state index contributed by atoms with van der Waals surface area (Å²) in [7, 11) is 2.21. The fraction of sp³-hybridized carbons (Fsp3) is 0.714. The van der Waals surface area contributed by atoms with E-state index in [-0.39, 0.29) is 0 Å². The Balaban J connectivity index is 1.76. The van der Waals surface area contributed by atoms with E-state index >= 15 is 0 Å². The Labute approximate surface area is 104 Å². The van der Waals surface area contributed by atoms with E-state index in [0.29, 0.717) is 6.04 Å². The lowest BCUT2D eigenvalue weighted by Gasteiger charge is -2.30. The highest BCUT2D eigenvalue weighted by atomic mass is 16.3. The fourth-order valence-electron chi connectivity index (χ4n) is 2.51. The zero-order valence-electron chi connectivity index (χ0n) is 11.0. The Bertz CT molecular complexity index is 302. The van der Waals surface area contributed by atoms with Crippen molar-refractivity contribution in [3.05, 3.63) is 24.2 Å². The summed E-state index contributed by atoms with van der Waals surface area (Å²) < 4.78 is 5.47. The average molecular weight is 236 g/mol. The first kappa shape index (κ1) is 12.7. The lowest BCUT2D eigenvalue weighted by Crippen LogP contribution is -2.36. The smallest absolute Gasteiger partial charge is 0.120 e. The third-order valence-corrected chi connectivity index (χ3v) is 3.79. The van der Waals surface area contributed by atoms with E-state index in [1.54, 1.807) is 6.26 Å². The Morgan fingerprint density at radius 3 is 2.82 bits per heavy atom. The van der Waals surface area contributed by atoms with Crippen LogP contribution in [0.1, 0.15) is 38.0 Å². The molecular formula is C14H24N2O. The zero-order valence-corrected chi connectivity index (χ0v) is 11.0. The van der Waals surface area contributed by atoms with Gasteiger partial charge in [-0.1, -0.05) is 6.92 Å². The lowest BCUT2D eigenvalue weighted by atomic mass is 9.96.